The molecule has 1 aromatic heterocycles. The van der Waals surface area contributed by atoms with Gasteiger partial charge >= 0.3 is 11.9 Å². The number of H-pyrrole nitrogens is 1. The highest BCUT2D eigenvalue weighted by molar-refractivity contribution is 6.04. The average Bonchev–Trinajstić information content (AvgIpc) is 2.95. The number of carbonyl (C=O) groups excluding carboxylic acids is 3. The fraction of sp³-hybridized carbons (Fsp3) is 0.350. The normalized spacial score (nSPS) is 11.6. The van der Waals surface area contributed by atoms with Gasteiger partial charge < -0.3 is 19.2 Å². The van der Waals surface area contributed by atoms with Crippen LogP contribution >= 0.6 is 0 Å². The monoisotopic (exact) mass is 373 g/mol. The van der Waals surface area contributed by atoms with E-state index in [1.165, 1.54) is 14.0 Å². The molecule has 27 heavy (non-hydrogen) atoms. The number of hydrogen-bond donors (Lipinski definition) is 1. The Morgan fingerprint density at radius 3 is 2.26 bits per heavy atom. The van der Waals surface area contributed by atoms with Gasteiger partial charge in [-0.2, -0.15) is 0 Å². The van der Waals surface area contributed by atoms with Gasteiger partial charge in [-0.1, -0.05) is 0 Å². The van der Waals surface area contributed by atoms with Crippen LogP contribution < -0.4 is 4.74 Å². The van der Waals surface area contributed by atoms with Crippen molar-refractivity contribution < 1.29 is 28.6 Å². The largest absolute Gasteiger partial charge is 0.497 e. The van der Waals surface area contributed by atoms with Crippen molar-refractivity contribution in [1.82, 2.24) is 4.98 Å². The molecule has 0 aliphatic rings. The van der Waals surface area contributed by atoms with Crippen molar-refractivity contribution in [1.29, 1.82) is 0 Å². The fourth-order valence-electron chi connectivity index (χ4n) is 2.72. The van der Waals surface area contributed by atoms with Crippen LogP contribution in [0.5, 0.6) is 5.75 Å². The van der Waals surface area contributed by atoms with E-state index in [0.29, 0.717) is 28.1 Å². The maximum atomic E-state index is 12.7. The number of benzene rings is 1. The first kappa shape index (κ1) is 20.2. The van der Waals surface area contributed by atoms with Gasteiger partial charge in [-0.05, 0) is 57.5 Å². The Labute approximate surface area is 157 Å². The lowest BCUT2D eigenvalue weighted by molar-refractivity contribution is 0.0316. The summed E-state index contributed by atoms with van der Waals surface area (Å²) >= 11 is 0. The molecule has 7 heteroatoms. The van der Waals surface area contributed by atoms with E-state index < -0.39 is 23.8 Å². The van der Waals surface area contributed by atoms with Crippen LogP contribution in [0.4, 0.5) is 0 Å². The molecule has 2 rings (SSSR count). The van der Waals surface area contributed by atoms with Crippen LogP contribution in [-0.2, 0) is 9.47 Å². The molecule has 1 aromatic carbocycles. The number of methoxy groups -OCH3 is 1. The van der Waals surface area contributed by atoms with Crippen LogP contribution in [-0.4, -0.2) is 42.5 Å². The highest BCUT2D eigenvalue weighted by Crippen LogP contribution is 2.21. The second kappa shape index (κ2) is 8.53. The zero-order valence-electron chi connectivity index (χ0n) is 16.0. The minimum Gasteiger partial charge on any atom is -0.497 e. The summed E-state index contributed by atoms with van der Waals surface area (Å²) in [4.78, 5) is 39.9. The van der Waals surface area contributed by atoms with E-state index in [2.05, 4.69) is 4.98 Å². The number of nitrogens with one attached hydrogen (secondary N) is 1. The van der Waals surface area contributed by atoms with E-state index >= 15 is 0 Å². The Bertz CT molecular complexity index is 850. The molecular formula is C20H23NO6. The molecule has 1 atom stereocenters. The number of aryl methyl sites for hydroxylation is 1. The first-order chi connectivity index (χ1) is 12.8. The van der Waals surface area contributed by atoms with Gasteiger partial charge in [0.2, 0.25) is 5.78 Å². The molecule has 0 aliphatic heterocycles. The molecule has 1 heterocycles. The van der Waals surface area contributed by atoms with Crippen molar-refractivity contribution in [3.8, 4) is 5.75 Å². The third kappa shape index (κ3) is 4.36. The zero-order chi connectivity index (χ0) is 20.1. The Balaban J connectivity index is 2.16. The topological polar surface area (TPSA) is 94.7 Å². The Kier molecular flexibility index (Phi) is 6.39. The lowest BCUT2D eigenvalue weighted by Crippen LogP contribution is -2.25. The second-order valence-electron chi connectivity index (χ2n) is 5.99. The molecule has 2 aromatic rings. The van der Waals surface area contributed by atoms with Crippen LogP contribution in [0.2, 0.25) is 0 Å². The average molecular weight is 373 g/mol. The molecule has 0 bridgehead atoms. The molecule has 0 spiro atoms. The third-order valence-electron chi connectivity index (χ3n) is 4.14. The van der Waals surface area contributed by atoms with Crippen molar-refractivity contribution in [2.24, 2.45) is 0 Å². The lowest BCUT2D eigenvalue weighted by atomic mass is 10.1. The summed E-state index contributed by atoms with van der Waals surface area (Å²) in [5, 5.41) is 0. The molecule has 0 unspecified atom stereocenters. The van der Waals surface area contributed by atoms with E-state index in [-0.39, 0.29) is 12.3 Å². The number of hydrogen-bond acceptors (Lipinski definition) is 6. The SMILES string of the molecule is CCOC(=O)c1c(C)[nH]c(C(=O)[C@H](C)OC(=O)c2ccc(OC)cc2)c1C. The number of Topliss-reactive ketones (excluding diaryl/α,β-unsaturated/α-hetero) is 1. The quantitative estimate of drug-likeness (QED) is 0.591. The Morgan fingerprint density at radius 2 is 1.70 bits per heavy atom. The number of aromatic amines is 1. The first-order valence-electron chi connectivity index (χ1n) is 8.55. The summed E-state index contributed by atoms with van der Waals surface area (Å²) in [6.45, 7) is 6.78. The van der Waals surface area contributed by atoms with Crippen molar-refractivity contribution >= 4 is 17.7 Å². The number of ketones is 1. The predicted molar refractivity (Wildman–Crippen MR) is 98.4 cm³/mol. The number of aromatic nitrogens is 1. The van der Waals surface area contributed by atoms with Gasteiger partial charge in [-0.3, -0.25) is 4.79 Å². The summed E-state index contributed by atoms with van der Waals surface area (Å²) in [5.41, 5.74) is 1.87. The van der Waals surface area contributed by atoms with Crippen LogP contribution in [0.1, 0.15) is 56.3 Å². The Morgan fingerprint density at radius 1 is 1.07 bits per heavy atom. The van der Waals surface area contributed by atoms with E-state index in [1.807, 2.05) is 0 Å². The van der Waals surface area contributed by atoms with Gasteiger partial charge in [-0.15, -0.1) is 0 Å². The summed E-state index contributed by atoms with van der Waals surface area (Å²) in [6, 6.07) is 6.38. The minimum absolute atomic E-state index is 0.227. The predicted octanol–water partition coefficient (Wildman–Crippen LogP) is 3.25. The summed E-state index contributed by atoms with van der Waals surface area (Å²) in [6.07, 6.45) is -1.02. The molecule has 0 amide bonds. The smallest absolute Gasteiger partial charge is 0.340 e. The molecule has 0 saturated heterocycles. The van der Waals surface area contributed by atoms with Crippen LogP contribution in [0.3, 0.4) is 0 Å². The standard InChI is InChI=1S/C20H23NO6/c1-6-26-20(24)16-11(2)17(21-12(16)3)18(22)13(4)27-19(23)14-7-9-15(25-5)10-8-14/h7-10,13,21H,6H2,1-5H3/t13-/m0/s1. The van der Waals surface area contributed by atoms with Crippen molar-refractivity contribution in [3.63, 3.8) is 0 Å². The zero-order valence-corrected chi connectivity index (χ0v) is 16.0. The van der Waals surface area contributed by atoms with Gasteiger partial charge in [0.25, 0.3) is 0 Å². The fourth-order valence-corrected chi connectivity index (χ4v) is 2.72. The van der Waals surface area contributed by atoms with Gasteiger partial charge in [-0.25, -0.2) is 9.59 Å². The van der Waals surface area contributed by atoms with Gasteiger partial charge in [0.1, 0.15) is 5.75 Å². The molecular weight excluding hydrogens is 350 g/mol. The summed E-state index contributed by atoms with van der Waals surface area (Å²) in [5.74, 6) is -0.927. The minimum atomic E-state index is -1.02. The summed E-state index contributed by atoms with van der Waals surface area (Å²) in [7, 11) is 1.53. The molecule has 0 saturated carbocycles. The third-order valence-corrected chi connectivity index (χ3v) is 4.14. The van der Waals surface area contributed by atoms with Crippen molar-refractivity contribution in [3.05, 3.63) is 52.3 Å². The second-order valence-corrected chi connectivity index (χ2v) is 5.99. The maximum absolute atomic E-state index is 12.7. The highest BCUT2D eigenvalue weighted by Gasteiger charge is 2.27. The molecule has 0 radical (unpaired) electrons. The first-order valence-corrected chi connectivity index (χ1v) is 8.55. The lowest BCUT2D eigenvalue weighted by Gasteiger charge is -2.12. The number of rotatable bonds is 7. The van der Waals surface area contributed by atoms with Crippen LogP contribution in [0.15, 0.2) is 24.3 Å². The molecule has 1 N–H and O–H groups in total. The summed E-state index contributed by atoms with van der Waals surface area (Å²) < 4.78 is 15.3. The van der Waals surface area contributed by atoms with Crippen LogP contribution in [0.25, 0.3) is 0 Å². The van der Waals surface area contributed by atoms with E-state index in [0.717, 1.165) is 0 Å². The molecule has 0 fully saturated rings. The van der Waals surface area contributed by atoms with Crippen LogP contribution in [0, 0.1) is 13.8 Å². The molecule has 0 aliphatic carbocycles. The number of ether oxygens (including phenoxy) is 3. The van der Waals surface area contributed by atoms with Crippen molar-refractivity contribution in [2.45, 2.75) is 33.8 Å². The van der Waals surface area contributed by atoms with Gasteiger partial charge in [0, 0.05) is 5.69 Å². The maximum Gasteiger partial charge on any atom is 0.340 e. The van der Waals surface area contributed by atoms with E-state index in [9.17, 15) is 14.4 Å². The number of esters is 2. The number of carbonyl (C=O) groups is 3. The van der Waals surface area contributed by atoms with Gasteiger partial charge in [0.05, 0.1) is 30.5 Å². The van der Waals surface area contributed by atoms with E-state index in [4.69, 9.17) is 14.2 Å². The molecule has 7 nitrogen and oxygen atoms in total. The molecule has 144 valence electrons. The Hall–Kier alpha value is -3.09. The highest BCUT2D eigenvalue weighted by atomic mass is 16.5. The van der Waals surface area contributed by atoms with E-state index in [1.54, 1.807) is 45.0 Å². The van der Waals surface area contributed by atoms with Gasteiger partial charge in [0.15, 0.2) is 6.10 Å². The van der Waals surface area contributed by atoms with Crippen molar-refractivity contribution in [2.75, 3.05) is 13.7 Å².